The van der Waals surface area contributed by atoms with Crippen LogP contribution in [0.5, 0.6) is 5.75 Å². The minimum absolute atomic E-state index is 0.201. The van der Waals surface area contributed by atoms with Gasteiger partial charge in [0.15, 0.2) is 0 Å². The molecule has 5 nitrogen and oxygen atoms in total. The monoisotopic (exact) mass is 338 g/mol. The number of hydrogen-bond acceptors (Lipinski definition) is 4. The lowest BCUT2D eigenvalue weighted by Gasteiger charge is -2.44. The molecular weight excluding hydrogens is 316 g/mol. The number of aromatic nitrogens is 1. The van der Waals surface area contributed by atoms with Crippen molar-refractivity contribution >= 4 is 5.91 Å². The normalized spacial score (nSPS) is 18.5. The molecule has 1 saturated heterocycles. The molecule has 130 valence electrons. The van der Waals surface area contributed by atoms with Crippen LogP contribution in [0.4, 0.5) is 0 Å². The summed E-state index contributed by atoms with van der Waals surface area (Å²) in [6.45, 7) is 3.81. The lowest BCUT2D eigenvalue weighted by atomic mass is 9.99. The molecule has 0 saturated carbocycles. The minimum atomic E-state index is -0.590. The van der Waals surface area contributed by atoms with E-state index < -0.39 is 5.79 Å². The highest BCUT2D eigenvalue weighted by molar-refractivity contribution is 5.75. The standard InChI is InChI=1S/C20H22N2O3/c1-2-19(23)22-10-7-20(8-11-22)24-14-17-12-15(5-6-18(17)25-20)16-4-3-9-21-13-16/h3-6,9,12-13H,2,7-8,10-11,14H2,1H3. The van der Waals surface area contributed by atoms with E-state index in [9.17, 15) is 4.79 Å². The van der Waals surface area contributed by atoms with Crippen LogP contribution in [0.1, 0.15) is 31.7 Å². The van der Waals surface area contributed by atoms with Gasteiger partial charge in [-0.05, 0) is 23.8 Å². The van der Waals surface area contributed by atoms with Crippen LogP contribution in [0.3, 0.4) is 0 Å². The topological polar surface area (TPSA) is 51.7 Å². The number of fused-ring (bicyclic) bond motifs is 1. The number of carbonyl (C=O) groups excluding carboxylic acids is 1. The number of amides is 1. The van der Waals surface area contributed by atoms with Crippen molar-refractivity contribution in [3.8, 4) is 16.9 Å². The first-order chi connectivity index (χ1) is 12.2. The number of piperidine rings is 1. The summed E-state index contributed by atoms with van der Waals surface area (Å²) in [6, 6.07) is 10.2. The van der Waals surface area contributed by atoms with Gasteiger partial charge in [-0.15, -0.1) is 0 Å². The fourth-order valence-electron chi connectivity index (χ4n) is 3.51. The average molecular weight is 338 g/mol. The predicted molar refractivity (Wildman–Crippen MR) is 93.9 cm³/mol. The van der Waals surface area contributed by atoms with Gasteiger partial charge in [-0.1, -0.05) is 19.1 Å². The Hall–Kier alpha value is -2.40. The van der Waals surface area contributed by atoms with Crippen LogP contribution in [0, 0.1) is 0 Å². The maximum Gasteiger partial charge on any atom is 0.222 e. The Kier molecular flexibility index (Phi) is 4.17. The van der Waals surface area contributed by atoms with Crippen molar-refractivity contribution in [1.29, 1.82) is 0 Å². The van der Waals surface area contributed by atoms with Crippen LogP contribution >= 0.6 is 0 Å². The number of pyridine rings is 1. The first kappa shape index (κ1) is 16.1. The third-order valence-corrected chi connectivity index (χ3v) is 5.02. The van der Waals surface area contributed by atoms with Crippen LogP contribution in [0.25, 0.3) is 11.1 Å². The third-order valence-electron chi connectivity index (χ3n) is 5.02. The zero-order chi connectivity index (χ0) is 17.3. The second-order valence-electron chi connectivity index (χ2n) is 6.60. The van der Waals surface area contributed by atoms with Gasteiger partial charge in [-0.2, -0.15) is 0 Å². The maximum atomic E-state index is 11.8. The molecule has 2 aromatic rings. The second kappa shape index (κ2) is 6.48. The Labute approximate surface area is 147 Å². The van der Waals surface area contributed by atoms with Crippen molar-refractivity contribution in [3.05, 3.63) is 48.3 Å². The van der Waals surface area contributed by atoms with Crippen LogP contribution in [-0.2, 0) is 16.1 Å². The van der Waals surface area contributed by atoms with E-state index >= 15 is 0 Å². The van der Waals surface area contributed by atoms with Gasteiger partial charge >= 0.3 is 0 Å². The van der Waals surface area contributed by atoms with Crippen LogP contribution in [0.15, 0.2) is 42.7 Å². The molecule has 1 fully saturated rings. The van der Waals surface area contributed by atoms with E-state index in [0.29, 0.717) is 39.0 Å². The smallest absolute Gasteiger partial charge is 0.222 e. The highest BCUT2D eigenvalue weighted by atomic mass is 16.7. The number of rotatable bonds is 2. The molecule has 2 aliphatic heterocycles. The van der Waals surface area contributed by atoms with Gasteiger partial charge in [0.25, 0.3) is 0 Å². The summed E-state index contributed by atoms with van der Waals surface area (Å²) in [4.78, 5) is 17.9. The summed E-state index contributed by atoms with van der Waals surface area (Å²) >= 11 is 0. The number of carbonyl (C=O) groups is 1. The zero-order valence-electron chi connectivity index (χ0n) is 14.4. The molecule has 0 atom stereocenters. The van der Waals surface area contributed by atoms with Gasteiger partial charge < -0.3 is 14.4 Å². The van der Waals surface area contributed by atoms with Crippen LogP contribution < -0.4 is 4.74 Å². The molecular formula is C20H22N2O3. The van der Waals surface area contributed by atoms with E-state index in [1.54, 1.807) is 6.20 Å². The van der Waals surface area contributed by atoms with Crippen molar-refractivity contribution in [2.24, 2.45) is 0 Å². The van der Waals surface area contributed by atoms with E-state index in [0.717, 1.165) is 22.4 Å². The first-order valence-electron chi connectivity index (χ1n) is 8.83. The second-order valence-corrected chi connectivity index (χ2v) is 6.60. The number of nitrogens with zero attached hydrogens (tertiary/aromatic N) is 2. The van der Waals surface area contributed by atoms with E-state index in [2.05, 4.69) is 17.1 Å². The summed E-state index contributed by atoms with van der Waals surface area (Å²) in [5, 5.41) is 0. The van der Waals surface area contributed by atoms with Crippen molar-refractivity contribution in [2.75, 3.05) is 13.1 Å². The van der Waals surface area contributed by atoms with Crippen molar-refractivity contribution < 1.29 is 14.3 Å². The molecule has 1 spiro atoms. The number of benzene rings is 1. The first-order valence-corrected chi connectivity index (χ1v) is 8.83. The Morgan fingerprint density at radius 2 is 2.08 bits per heavy atom. The SMILES string of the molecule is CCC(=O)N1CCC2(CC1)OCc1cc(-c3cccnc3)ccc1O2. The van der Waals surface area contributed by atoms with Gasteiger partial charge in [0.1, 0.15) is 5.75 Å². The molecule has 4 rings (SSSR count). The molecule has 25 heavy (non-hydrogen) atoms. The minimum Gasteiger partial charge on any atom is -0.462 e. The molecule has 1 aromatic carbocycles. The Balaban J connectivity index is 1.50. The molecule has 0 N–H and O–H groups in total. The van der Waals surface area contributed by atoms with Gasteiger partial charge in [0, 0.05) is 55.9 Å². The van der Waals surface area contributed by atoms with Crippen molar-refractivity contribution in [3.63, 3.8) is 0 Å². The Morgan fingerprint density at radius 1 is 1.24 bits per heavy atom. The molecule has 0 aliphatic carbocycles. The van der Waals surface area contributed by atoms with Crippen molar-refractivity contribution in [2.45, 2.75) is 38.6 Å². The molecule has 2 aliphatic rings. The Bertz CT molecular complexity index is 768. The lowest BCUT2D eigenvalue weighted by molar-refractivity contribution is -0.227. The largest absolute Gasteiger partial charge is 0.462 e. The summed E-state index contributed by atoms with van der Waals surface area (Å²) in [5.41, 5.74) is 3.24. The number of hydrogen-bond donors (Lipinski definition) is 0. The molecule has 1 amide bonds. The van der Waals surface area contributed by atoms with Crippen LogP contribution in [-0.4, -0.2) is 34.7 Å². The van der Waals surface area contributed by atoms with E-state index in [1.807, 2.05) is 36.2 Å². The zero-order valence-corrected chi connectivity index (χ0v) is 14.4. The molecule has 0 bridgehead atoms. The third kappa shape index (κ3) is 3.12. The maximum absolute atomic E-state index is 11.8. The molecule has 3 heterocycles. The molecule has 5 heteroatoms. The molecule has 0 unspecified atom stereocenters. The lowest BCUT2D eigenvalue weighted by Crippen LogP contribution is -2.52. The number of ether oxygens (including phenoxy) is 2. The van der Waals surface area contributed by atoms with Crippen molar-refractivity contribution in [1.82, 2.24) is 9.88 Å². The van der Waals surface area contributed by atoms with E-state index in [1.165, 1.54) is 0 Å². The average Bonchev–Trinajstić information content (AvgIpc) is 2.68. The predicted octanol–water partition coefficient (Wildman–Crippen LogP) is 3.39. The van der Waals surface area contributed by atoms with Gasteiger partial charge in [-0.25, -0.2) is 0 Å². The van der Waals surface area contributed by atoms with Crippen LogP contribution in [0.2, 0.25) is 0 Å². The quantitative estimate of drug-likeness (QED) is 0.842. The van der Waals surface area contributed by atoms with E-state index in [4.69, 9.17) is 9.47 Å². The Morgan fingerprint density at radius 3 is 2.80 bits per heavy atom. The fourth-order valence-corrected chi connectivity index (χ4v) is 3.51. The van der Waals surface area contributed by atoms with Gasteiger partial charge in [0.05, 0.1) is 6.61 Å². The summed E-state index contributed by atoms with van der Waals surface area (Å²) in [6.07, 6.45) is 5.60. The summed E-state index contributed by atoms with van der Waals surface area (Å²) in [5.74, 6) is 0.495. The highest BCUT2D eigenvalue weighted by Crippen LogP contribution is 2.39. The van der Waals surface area contributed by atoms with E-state index in [-0.39, 0.29) is 5.91 Å². The molecule has 1 aromatic heterocycles. The summed E-state index contributed by atoms with van der Waals surface area (Å²) < 4.78 is 12.3. The summed E-state index contributed by atoms with van der Waals surface area (Å²) in [7, 11) is 0. The van der Waals surface area contributed by atoms with Gasteiger partial charge in [-0.3, -0.25) is 9.78 Å². The number of likely N-dealkylation sites (tertiary alicyclic amines) is 1. The molecule has 0 radical (unpaired) electrons. The fraction of sp³-hybridized carbons (Fsp3) is 0.400. The highest BCUT2D eigenvalue weighted by Gasteiger charge is 2.41. The van der Waals surface area contributed by atoms with Gasteiger partial charge in [0.2, 0.25) is 11.7 Å².